The maximum atomic E-state index is 11.3. The van der Waals surface area contributed by atoms with Gasteiger partial charge in [0.15, 0.2) is 11.5 Å². The zero-order valence-corrected chi connectivity index (χ0v) is 13.2. The maximum absolute atomic E-state index is 11.3. The summed E-state index contributed by atoms with van der Waals surface area (Å²) in [5.74, 6) is 2.04. The Bertz CT molecular complexity index is 470. The van der Waals surface area contributed by atoms with Gasteiger partial charge in [0.2, 0.25) is 5.75 Å². The molecule has 5 heteroatoms. The first-order chi connectivity index (χ1) is 10.2. The van der Waals surface area contributed by atoms with Crippen LogP contribution in [0.3, 0.4) is 0 Å². The van der Waals surface area contributed by atoms with Gasteiger partial charge in [-0.3, -0.25) is 4.79 Å². The molecule has 2 rings (SSSR count). The van der Waals surface area contributed by atoms with E-state index < -0.39 is 5.24 Å². The number of hydrogen-bond acceptors (Lipinski definition) is 4. The molecular formula is C16H21ClO4. The molecule has 1 aliphatic carbocycles. The van der Waals surface area contributed by atoms with E-state index in [2.05, 4.69) is 0 Å². The number of carbonyl (C=O) groups excluding carboxylic acids is 1. The van der Waals surface area contributed by atoms with Crippen LogP contribution in [-0.4, -0.2) is 26.1 Å². The van der Waals surface area contributed by atoms with E-state index >= 15 is 0 Å². The van der Waals surface area contributed by atoms with Crippen molar-refractivity contribution < 1.29 is 19.0 Å². The second-order valence-electron chi connectivity index (χ2n) is 5.30. The van der Waals surface area contributed by atoms with Crippen LogP contribution in [0, 0.1) is 5.92 Å². The number of methoxy groups -OCH3 is 2. The smallest absolute Gasteiger partial charge is 0.252 e. The molecule has 1 aromatic rings. The Hall–Kier alpha value is -1.42. The van der Waals surface area contributed by atoms with Crippen LogP contribution in [0.1, 0.15) is 42.5 Å². The lowest BCUT2D eigenvalue weighted by Gasteiger charge is -2.23. The second-order valence-corrected chi connectivity index (χ2v) is 5.64. The van der Waals surface area contributed by atoms with Gasteiger partial charge in [-0.2, -0.15) is 0 Å². The summed E-state index contributed by atoms with van der Waals surface area (Å²) in [6.07, 6.45) is 6.24. The minimum atomic E-state index is -0.551. The van der Waals surface area contributed by atoms with Crippen molar-refractivity contribution in [3.63, 3.8) is 0 Å². The van der Waals surface area contributed by atoms with Gasteiger partial charge in [-0.05, 0) is 42.5 Å². The van der Waals surface area contributed by atoms with E-state index in [1.54, 1.807) is 12.1 Å². The number of ether oxygens (including phenoxy) is 3. The number of rotatable bonds is 6. The average Bonchev–Trinajstić information content (AvgIpc) is 2.52. The predicted octanol–water partition coefficient (Wildman–Crippen LogP) is 4.04. The molecular weight excluding hydrogens is 292 g/mol. The van der Waals surface area contributed by atoms with E-state index in [0.717, 1.165) is 0 Å². The Balaban J connectivity index is 2.17. The quantitative estimate of drug-likeness (QED) is 0.744. The molecule has 0 aromatic heterocycles. The molecule has 0 saturated heterocycles. The van der Waals surface area contributed by atoms with Crippen molar-refractivity contribution >= 4 is 16.8 Å². The van der Waals surface area contributed by atoms with E-state index in [0.29, 0.717) is 35.3 Å². The van der Waals surface area contributed by atoms with Crippen LogP contribution in [0.2, 0.25) is 0 Å². The van der Waals surface area contributed by atoms with Crippen molar-refractivity contribution in [1.82, 2.24) is 0 Å². The standard InChI is InChI=1S/C16H21ClO4/c1-19-13-8-12(16(17)18)9-14(20-2)15(13)21-10-11-6-4-3-5-7-11/h8-9,11H,3-7,10H2,1-2H3. The summed E-state index contributed by atoms with van der Waals surface area (Å²) in [6, 6.07) is 3.15. The van der Waals surface area contributed by atoms with E-state index in [1.807, 2.05) is 0 Å². The van der Waals surface area contributed by atoms with Crippen molar-refractivity contribution in [1.29, 1.82) is 0 Å². The summed E-state index contributed by atoms with van der Waals surface area (Å²) in [6.45, 7) is 0.640. The Labute approximate surface area is 130 Å². The molecule has 0 heterocycles. The van der Waals surface area contributed by atoms with Gasteiger partial charge >= 0.3 is 0 Å². The lowest BCUT2D eigenvalue weighted by Crippen LogP contribution is -2.16. The largest absolute Gasteiger partial charge is 0.493 e. The third kappa shape index (κ3) is 4.03. The van der Waals surface area contributed by atoms with Gasteiger partial charge in [0.25, 0.3) is 5.24 Å². The van der Waals surface area contributed by atoms with Crippen LogP contribution in [-0.2, 0) is 0 Å². The van der Waals surface area contributed by atoms with E-state index in [-0.39, 0.29) is 0 Å². The Kier molecular flexibility index (Phi) is 5.74. The van der Waals surface area contributed by atoms with E-state index in [4.69, 9.17) is 25.8 Å². The summed E-state index contributed by atoms with van der Waals surface area (Å²) >= 11 is 5.52. The van der Waals surface area contributed by atoms with Gasteiger partial charge in [-0.25, -0.2) is 0 Å². The minimum Gasteiger partial charge on any atom is -0.493 e. The van der Waals surface area contributed by atoms with Gasteiger partial charge in [-0.1, -0.05) is 19.3 Å². The van der Waals surface area contributed by atoms with Gasteiger partial charge in [-0.15, -0.1) is 0 Å². The molecule has 0 spiro atoms. The molecule has 1 saturated carbocycles. The minimum absolute atomic E-state index is 0.329. The topological polar surface area (TPSA) is 44.8 Å². The van der Waals surface area contributed by atoms with Gasteiger partial charge in [0.05, 0.1) is 20.8 Å². The lowest BCUT2D eigenvalue weighted by molar-refractivity contribution is 0.108. The monoisotopic (exact) mass is 312 g/mol. The zero-order chi connectivity index (χ0) is 15.2. The summed E-state index contributed by atoms with van der Waals surface area (Å²) in [7, 11) is 3.06. The van der Waals surface area contributed by atoms with Crippen LogP contribution in [0.4, 0.5) is 0 Å². The molecule has 1 aromatic carbocycles. The fraction of sp³-hybridized carbons (Fsp3) is 0.562. The molecule has 0 bridgehead atoms. The van der Waals surface area contributed by atoms with Crippen molar-refractivity contribution in [2.75, 3.05) is 20.8 Å². The summed E-state index contributed by atoms with van der Waals surface area (Å²) < 4.78 is 16.5. The highest BCUT2D eigenvalue weighted by Crippen LogP contribution is 2.39. The Morgan fingerprint density at radius 1 is 1.14 bits per heavy atom. The molecule has 4 nitrogen and oxygen atoms in total. The Morgan fingerprint density at radius 3 is 2.19 bits per heavy atom. The summed E-state index contributed by atoms with van der Waals surface area (Å²) in [4.78, 5) is 11.3. The SMILES string of the molecule is COc1cc(C(=O)Cl)cc(OC)c1OCC1CCCCC1. The van der Waals surface area contributed by atoms with E-state index in [1.165, 1.54) is 46.3 Å². The van der Waals surface area contributed by atoms with Crippen molar-refractivity contribution in [2.24, 2.45) is 5.92 Å². The lowest BCUT2D eigenvalue weighted by atomic mass is 9.90. The van der Waals surface area contributed by atoms with Gasteiger partial charge < -0.3 is 14.2 Å². The highest BCUT2D eigenvalue weighted by atomic mass is 35.5. The molecule has 1 aliphatic rings. The van der Waals surface area contributed by atoms with Crippen LogP contribution < -0.4 is 14.2 Å². The Morgan fingerprint density at radius 2 is 1.71 bits per heavy atom. The van der Waals surface area contributed by atoms with Crippen LogP contribution in [0.25, 0.3) is 0 Å². The van der Waals surface area contributed by atoms with E-state index in [9.17, 15) is 4.79 Å². The number of hydrogen-bond donors (Lipinski definition) is 0. The molecule has 0 N–H and O–H groups in total. The highest BCUT2D eigenvalue weighted by molar-refractivity contribution is 6.67. The van der Waals surface area contributed by atoms with Crippen molar-refractivity contribution in [2.45, 2.75) is 32.1 Å². The molecule has 21 heavy (non-hydrogen) atoms. The summed E-state index contributed by atoms with van der Waals surface area (Å²) in [5, 5.41) is -0.551. The first-order valence-corrected chi connectivity index (χ1v) is 7.62. The number of carbonyl (C=O) groups is 1. The first kappa shape index (κ1) is 16.0. The molecule has 1 fully saturated rings. The van der Waals surface area contributed by atoms with Crippen molar-refractivity contribution in [3.8, 4) is 17.2 Å². The zero-order valence-electron chi connectivity index (χ0n) is 12.5. The fourth-order valence-corrected chi connectivity index (χ4v) is 2.80. The first-order valence-electron chi connectivity index (χ1n) is 7.24. The molecule has 116 valence electrons. The fourth-order valence-electron chi connectivity index (χ4n) is 2.69. The van der Waals surface area contributed by atoms with Crippen LogP contribution in [0.5, 0.6) is 17.2 Å². The van der Waals surface area contributed by atoms with Crippen molar-refractivity contribution in [3.05, 3.63) is 17.7 Å². The predicted molar refractivity (Wildman–Crippen MR) is 81.8 cm³/mol. The highest BCUT2D eigenvalue weighted by Gasteiger charge is 2.19. The normalized spacial score (nSPS) is 15.6. The molecule has 0 aliphatic heterocycles. The summed E-state index contributed by atoms with van der Waals surface area (Å²) in [5.41, 5.74) is 0.329. The van der Waals surface area contributed by atoms with Crippen LogP contribution >= 0.6 is 11.6 Å². The average molecular weight is 313 g/mol. The third-order valence-electron chi connectivity index (χ3n) is 3.88. The number of halogens is 1. The number of benzene rings is 1. The molecule has 0 atom stereocenters. The second kappa shape index (κ2) is 7.55. The molecule has 0 amide bonds. The molecule has 0 unspecified atom stereocenters. The van der Waals surface area contributed by atoms with Gasteiger partial charge in [0, 0.05) is 5.56 Å². The third-order valence-corrected chi connectivity index (χ3v) is 4.09. The van der Waals surface area contributed by atoms with Crippen LogP contribution in [0.15, 0.2) is 12.1 Å². The maximum Gasteiger partial charge on any atom is 0.252 e. The van der Waals surface area contributed by atoms with Gasteiger partial charge in [0.1, 0.15) is 0 Å². The molecule has 0 radical (unpaired) electrons.